The van der Waals surface area contributed by atoms with E-state index < -0.39 is 0 Å². The molecule has 0 radical (unpaired) electrons. The zero-order chi connectivity index (χ0) is 31.1. The minimum absolute atomic E-state index is 0.0477. The number of likely N-dealkylation sites (tertiary alicyclic amines) is 1. The van der Waals surface area contributed by atoms with Gasteiger partial charge in [-0.3, -0.25) is 24.6 Å². The number of aromatic nitrogens is 3. The summed E-state index contributed by atoms with van der Waals surface area (Å²) in [7, 11) is 1.88. The lowest BCUT2D eigenvalue weighted by atomic mass is 10.1. The van der Waals surface area contributed by atoms with Gasteiger partial charge in [0, 0.05) is 57.6 Å². The van der Waals surface area contributed by atoms with E-state index in [4.69, 9.17) is 10.8 Å². The quantitative estimate of drug-likeness (QED) is 0.190. The normalized spacial score (nSPS) is 15.8. The second-order valence-electron chi connectivity index (χ2n) is 11.8. The number of aryl methyl sites for hydroxylation is 1. The number of nitrogens with zero attached hydrogens (tertiary/aromatic N) is 6. The zero-order valence-corrected chi connectivity index (χ0v) is 25.3. The van der Waals surface area contributed by atoms with Crippen LogP contribution >= 0.6 is 0 Å². The van der Waals surface area contributed by atoms with Gasteiger partial charge in [-0.25, -0.2) is 4.98 Å². The van der Waals surface area contributed by atoms with Crippen molar-refractivity contribution in [2.24, 2.45) is 12.9 Å². The van der Waals surface area contributed by atoms with Crippen LogP contribution in [0.5, 0.6) is 0 Å². The molecule has 0 bridgehead atoms. The van der Waals surface area contributed by atoms with Crippen LogP contribution in [0.15, 0.2) is 65.5 Å². The number of rotatable bonds is 7. The number of fused-ring (bicyclic) bond motifs is 5. The van der Waals surface area contributed by atoms with Gasteiger partial charge >= 0.3 is 0 Å². The smallest absolute Gasteiger partial charge is 0.259 e. The monoisotopic (exact) mass is 607 g/mol. The maximum Gasteiger partial charge on any atom is 0.259 e. The highest BCUT2D eigenvalue weighted by Crippen LogP contribution is 2.27. The van der Waals surface area contributed by atoms with E-state index in [-0.39, 0.29) is 22.8 Å². The predicted octanol–water partition coefficient (Wildman–Crippen LogP) is 2.41. The summed E-state index contributed by atoms with van der Waals surface area (Å²) in [6, 6.07) is 18.6. The van der Waals surface area contributed by atoms with Crippen LogP contribution in [0.2, 0.25) is 0 Å². The standard InChI is InChI=1S/C33H37N9O3/c1-38-25-9-2-3-10-26(25)42-30-24(29(43)28(32(38)42)31(44)35-13-16-39-14-4-5-15-39)11-12-27(36-30)40-17-19-41(20-18-40)33(45)22-7-6-8-23(21-22)37-34/h2-3,6-12,21,37H,4-5,13-20,34H2,1H3,(H,35,44). The summed E-state index contributed by atoms with van der Waals surface area (Å²) in [6.45, 7) is 5.56. The van der Waals surface area contributed by atoms with Crippen molar-refractivity contribution in [1.29, 1.82) is 0 Å². The van der Waals surface area contributed by atoms with Gasteiger partial charge in [-0.05, 0) is 68.4 Å². The number of anilines is 2. The molecule has 12 nitrogen and oxygen atoms in total. The number of hydrogen-bond donors (Lipinski definition) is 3. The number of piperazine rings is 1. The van der Waals surface area contributed by atoms with Crippen molar-refractivity contribution in [2.75, 3.05) is 62.7 Å². The first-order valence-corrected chi connectivity index (χ1v) is 15.5. The Labute approximate surface area is 260 Å². The summed E-state index contributed by atoms with van der Waals surface area (Å²) in [5.74, 6) is 5.82. The van der Waals surface area contributed by atoms with Crippen LogP contribution in [0, 0.1) is 0 Å². The maximum absolute atomic E-state index is 14.0. The number of imidazole rings is 1. The fraction of sp³-hybridized carbons (Fsp3) is 0.333. The molecule has 4 N–H and O–H groups in total. The number of hydrogen-bond acceptors (Lipinski definition) is 8. The Hall–Kier alpha value is -4.94. The lowest BCUT2D eigenvalue weighted by molar-refractivity contribution is 0.0746. The fourth-order valence-electron chi connectivity index (χ4n) is 6.70. The molecule has 0 aliphatic carbocycles. The van der Waals surface area contributed by atoms with Crippen LogP contribution < -0.4 is 26.9 Å². The third kappa shape index (κ3) is 5.15. The van der Waals surface area contributed by atoms with E-state index in [1.54, 1.807) is 24.3 Å². The van der Waals surface area contributed by atoms with Crippen molar-refractivity contribution < 1.29 is 9.59 Å². The summed E-state index contributed by atoms with van der Waals surface area (Å²) < 4.78 is 3.84. The van der Waals surface area contributed by atoms with Crippen LogP contribution in [0.4, 0.5) is 11.5 Å². The molecule has 2 aliphatic heterocycles. The third-order valence-electron chi connectivity index (χ3n) is 9.09. The molecule has 2 fully saturated rings. The number of carbonyl (C=O) groups excluding carboxylic acids is 2. The van der Waals surface area contributed by atoms with Crippen molar-refractivity contribution in [1.82, 2.24) is 29.1 Å². The van der Waals surface area contributed by atoms with E-state index in [0.717, 1.165) is 30.7 Å². The Kier molecular flexibility index (Phi) is 7.60. The van der Waals surface area contributed by atoms with Gasteiger partial charge in [0.2, 0.25) is 5.43 Å². The molecule has 2 aromatic carbocycles. The highest BCUT2D eigenvalue weighted by Gasteiger charge is 2.27. The van der Waals surface area contributed by atoms with Gasteiger partial charge in [0.15, 0.2) is 5.65 Å². The average molecular weight is 608 g/mol. The van der Waals surface area contributed by atoms with Crippen LogP contribution in [-0.4, -0.2) is 87.9 Å². The van der Waals surface area contributed by atoms with Gasteiger partial charge in [-0.1, -0.05) is 18.2 Å². The molecule has 0 saturated carbocycles. The Morgan fingerprint density at radius 3 is 2.42 bits per heavy atom. The molecule has 5 heterocycles. The number of hydrazine groups is 1. The van der Waals surface area contributed by atoms with Gasteiger partial charge in [0.05, 0.1) is 16.4 Å². The largest absolute Gasteiger partial charge is 0.353 e. The van der Waals surface area contributed by atoms with Gasteiger partial charge in [0.25, 0.3) is 11.8 Å². The molecule has 7 rings (SSSR count). The Balaban J connectivity index is 1.21. The first-order valence-electron chi connectivity index (χ1n) is 15.5. The van der Waals surface area contributed by atoms with Crippen molar-refractivity contribution in [3.63, 3.8) is 0 Å². The van der Waals surface area contributed by atoms with Crippen LogP contribution in [0.25, 0.3) is 27.7 Å². The lowest BCUT2D eigenvalue weighted by Gasteiger charge is -2.35. The highest BCUT2D eigenvalue weighted by molar-refractivity contribution is 6.06. The minimum Gasteiger partial charge on any atom is -0.353 e. The lowest BCUT2D eigenvalue weighted by Crippen LogP contribution is -2.49. The van der Waals surface area contributed by atoms with E-state index in [0.29, 0.717) is 66.5 Å². The number of carbonyl (C=O) groups is 2. The van der Waals surface area contributed by atoms with Gasteiger partial charge in [-0.2, -0.15) is 0 Å². The van der Waals surface area contributed by atoms with Gasteiger partial charge in [0.1, 0.15) is 17.0 Å². The molecule has 2 aliphatic rings. The molecular formula is C33H37N9O3. The Bertz CT molecular complexity index is 1990. The number of pyridine rings is 2. The molecule has 232 valence electrons. The molecular weight excluding hydrogens is 570 g/mol. The van der Waals surface area contributed by atoms with Crippen molar-refractivity contribution in [3.05, 3.63) is 82.0 Å². The average Bonchev–Trinajstić information content (AvgIpc) is 3.71. The number of nitrogen functional groups attached to an aromatic ring is 1. The SMILES string of the molecule is Cn1c2ccccc2n2c3nc(N4CCN(C(=O)c5cccc(NN)c5)CC4)ccc3c(=O)c(C(=O)NCCN3CCCC3)c12. The molecule has 2 amide bonds. The fourth-order valence-corrected chi connectivity index (χ4v) is 6.70. The van der Waals surface area contributed by atoms with E-state index in [9.17, 15) is 14.4 Å². The molecule has 3 aromatic heterocycles. The zero-order valence-electron chi connectivity index (χ0n) is 25.3. The summed E-state index contributed by atoms with van der Waals surface area (Å²) in [5.41, 5.74) is 6.41. The van der Waals surface area contributed by atoms with Crippen molar-refractivity contribution in [2.45, 2.75) is 12.8 Å². The number of para-hydroxylation sites is 2. The number of nitrogens with two attached hydrogens (primary N) is 1. The first kappa shape index (κ1) is 28.8. The third-order valence-corrected chi connectivity index (χ3v) is 9.09. The molecule has 0 unspecified atom stereocenters. The maximum atomic E-state index is 14.0. The minimum atomic E-state index is -0.373. The van der Waals surface area contributed by atoms with Crippen molar-refractivity contribution >= 4 is 51.0 Å². The molecule has 0 spiro atoms. The Morgan fingerprint density at radius 1 is 0.911 bits per heavy atom. The van der Waals surface area contributed by atoms with Crippen LogP contribution in [-0.2, 0) is 7.05 Å². The summed E-state index contributed by atoms with van der Waals surface area (Å²) in [6.07, 6.45) is 2.36. The van der Waals surface area contributed by atoms with Gasteiger partial charge < -0.3 is 30.0 Å². The molecule has 45 heavy (non-hydrogen) atoms. The number of benzene rings is 2. The van der Waals surface area contributed by atoms with E-state index in [1.165, 1.54) is 12.8 Å². The second kappa shape index (κ2) is 11.9. The molecule has 12 heteroatoms. The second-order valence-corrected chi connectivity index (χ2v) is 11.8. The summed E-state index contributed by atoms with van der Waals surface area (Å²) in [5, 5.41) is 3.40. The topological polar surface area (TPSA) is 133 Å². The van der Waals surface area contributed by atoms with E-state index in [2.05, 4.69) is 20.5 Å². The number of amides is 2. The summed E-state index contributed by atoms with van der Waals surface area (Å²) >= 11 is 0. The van der Waals surface area contributed by atoms with Crippen molar-refractivity contribution in [3.8, 4) is 0 Å². The predicted molar refractivity (Wildman–Crippen MR) is 176 cm³/mol. The van der Waals surface area contributed by atoms with Gasteiger partial charge in [-0.15, -0.1) is 0 Å². The van der Waals surface area contributed by atoms with Crippen LogP contribution in [0.3, 0.4) is 0 Å². The number of nitrogens with one attached hydrogen (secondary N) is 2. The molecule has 2 saturated heterocycles. The van der Waals surface area contributed by atoms with E-state index in [1.807, 2.05) is 57.3 Å². The highest BCUT2D eigenvalue weighted by atomic mass is 16.2. The molecule has 0 atom stereocenters. The summed E-state index contributed by atoms with van der Waals surface area (Å²) in [4.78, 5) is 52.1. The Morgan fingerprint density at radius 2 is 1.67 bits per heavy atom. The molecule has 5 aromatic rings. The van der Waals surface area contributed by atoms with E-state index >= 15 is 0 Å². The van der Waals surface area contributed by atoms with Crippen LogP contribution in [0.1, 0.15) is 33.6 Å². The first-order chi connectivity index (χ1) is 21.9.